The Morgan fingerprint density at radius 2 is 1.78 bits per heavy atom. The van der Waals surface area contributed by atoms with Gasteiger partial charge in [0.25, 0.3) is 0 Å². The van der Waals surface area contributed by atoms with E-state index < -0.39 is 0 Å². The summed E-state index contributed by atoms with van der Waals surface area (Å²) in [6, 6.07) is 7.86. The summed E-state index contributed by atoms with van der Waals surface area (Å²) in [7, 11) is 0. The molecular weight excluding hydrogens is 250 g/mol. The molecule has 1 aromatic carbocycles. The van der Waals surface area contributed by atoms with E-state index in [1.807, 2.05) is 45.0 Å². The van der Waals surface area contributed by atoms with Crippen LogP contribution in [0.15, 0.2) is 24.3 Å². The van der Waals surface area contributed by atoms with Crippen LogP contribution in [0.1, 0.15) is 45.2 Å². The average molecular weight is 274 g/mol. The molecule has 1 aromatic rings. The number of aliphatic hydroxyl groups is 1. The van der Waals surface area contributed by atoms with Crippen LogP contribution in [0.2, 0.25) is 0 Å². The van der Waals surface area contributed by atoms with E-state index >= 15 is 0 Å². The van der Waals surface area contributed by atoms with Gasteiger partial charge in [-0.2, -0.15) is 0 Å². The van der Waals surface area contributed by atoms with Gasteiger partial charge in [0.15, 0.2) is 0 Å². The molecule has 0 aliphatic heterocycles. The first-order valence-electron chi connectivity index (χ1n) is 6.08. The van der Waals surface area contributed by atoms with Gasteiger partial charge in [-0.05, 0) is 51.3 Å². The zero-order chi connectivity index (χ0) is 12.9. The Labute approximate surface area is 116 Å². The zero-order valence-electron chi connectivity index (χ0n) is 11.3. The molecule has 0 amide bonds. The van der Waals surface area contributed by atoms with Crippen molar-refractivity contribution in [2.24, 2.45) is 5.73 Å². The summed E-state index contributed by atoms with van der Waals surface area (Å²) in [5.74, 6) is 0.857. The standard InChI is InChI=1S/C14H23NO2.ClH/c1-14(2,3)17-12-8-6-11(7-9-12)13(15)5-4-10-16;/h6-9,13,16H,4-5,10,15H2,1-3H3;1H/t13-;/m1./s1. The number of benzene rings is 1. The average Bonchev–Trinajstić information content (AvgIpc) is 2.24. The van der Waals surface area contributed by atoms with Gasteiger partial charge in [0.05, 0.1) is 0 Å². The maximum Gasteiger partial charge on any atom is 0.120 e. The van der Waals surface area contributed by atoms with Crippen LogP contribution in [-0.2, 0) is 0 Å². The highest BCUT2D eigenvalue weighted by atomic mass is 35.5. The molecule has 4 heteroatoms. The summed E-state index contributed by atoms with van der Waals surface area (Å²) in [5, 5.41) is 8.76. The molecule has 0 aliphatic rings. The van der Waals surface area contributed by atoms with Crippen LogP contribution in [0.3, 0.4) is 0 Å². The van der Waals surface area contributed by atoms with E-state index in [0.717, 1.165) is 24.2 Å². The van der Waals surface area contributed by atoms with E-state index in [0.29, 0.717) is 0 Å². The molecule has 0 heterocycles. The number of hydrogen-bond acceptors (Lipinski definition) is 3. The van der Waals surface area contributed by atoms with Crippen molar-refractivity contribution >= 4 is 12.4 Å². The lowest BCUT2D eigenvalue weighted by Crippen LogP contribution is -2.22. The molecule has 0 aromatic heterocycles. The molecular formula is C14H24ClNO2. The van der Waals surface area contributed by atoms with Crippen LogP contribution in [0, 0.1) is 0 Å². The predicted octanol–water partition coefficient (Wildman–Crippen LogP) is 3.06. The Morgan fingerprint density at radius 3 is 2.22 bits per heavy atom. The quantitative estimate of drug-likeness (QED) is 0.867. The minimum absolute atomic E-state index is 0. The summed E-state index contributed by atoms with van der Waals surface area (Å²) < 4.78 is 5.74. The van der Waals surface area contributed by atoms with Gasteiger partial charge in [-0.3, -0.25) is 0 Å². The second-order valence-electron chi connectivity index (χ2n) is 5.26. The van der Waals surface area contributed by atoms with E-state index in [4.69, 9.17) is 15.6 Å². The van der Waals surface area contributed by atoms with Crippen molar-refractivity contribution in [2.75, 3.05) is 6.61 Å². The lowest BCUT2D eigenvalue weighted by atomic mass is 10.0. The molecule has 18 heavy (non-hydrogen) atoms. The highest BCUT2D eigenvalue weighted by molar-refractivity contribution is 5.85. The normalized spacial score (nSPS) is 12.7. The Bertz CT molecular complexity index is 333. The Morgan fingerprint density at radius 1 is 1.22 bits per heavy atom. The number of rotatable bonds is 5. The monoisotopic (exact) mass is 273 g/mol. The summed E-state index contributed by atoms with van der Waals surface area (Å²) >= 11 is 0. The summed E-state index contributed by atoms with van der Waals surface area (Å²) in [5.41, 5.74) is 6.91. The zero-order valence-corrected chi connectivity index (χ0v) is 12.2. The van der Waals surface area contributed by atoms with Gasteiger partial charge in [0, 0.05) is 12.6 Å². The number of aliphatic hydroxyl groups excluding tert-OH is 1. The molecule has 0 unspecified atom stereocenters. The van der Waals surface area contributed by atoms with Crippen LogP contribution in [-0.4, -0.2) is 17.3 Å². The molecule has 1 rings (SSSR count). The van der Waals surface area contributed by atoms with Gasteiger partial charge in [-0.1, -0.05) is 12.1 Å². The first-order chi connectivity index (χ1) is 7.92. The minimum atomic E-state index is -0.180. The maximum absolute atomic E-state index is 8.76. The van der Waals surface area contributed by atoms with Crippen molar-refractivity contribution in [3.05, 3.63) is 29.8 Å². The lowest BCUT2D eigenvalue weighted by molar-refractivity contribution is 0.131. The third kappa shape index (κ3) is 6.24. The summed E-state index contributed by atoms with van der Waals surface area (Å²) in [6.07, 6.45) is 1.54. The number of ether oxygens (including phenoxy) is 1. The van der Waals surface area contributed by atoms with Crippen molar-refractivity contribution in [1.82, 2.24) is 0 Å². The van der Waals surface area contributed by atoms with E-state index in [1.165, 1.54) is 0 Å². The van der Waals surface area contributed by atoms with Crippen LogP contribution in [0.25, 0.3) is 0 Å². The van der Waals surface area contributed by atoms with E-state index in [9.17, 15) is 0 Å². The van der Waals surface area contributed by atoms with Crippen molar-refractivity contribution in [1.29, 1.82) is 0 Å². The molecule has 0 fully saturated rings. The second-order valence-corrected chi connectivity index (χ2v) is 5.26. The molecule has 3 N–H and O–H groups in total. The van der Waals surface area contributed by atoms with Crippen molar-refractivity contribution in [2.45, 2.75) is 45.3 Å². The van der Waals surface area contributed by atoms with Crippen molar-refractivity contribution < 1.29 is 9.84 Å². The molecule has 104 valence electrons. The van der Waals surface area contributed by atoms with Crippen LogP contribution >= 0.6 is 12.4 Å². The Balaban J connectivity index is 0.00000289. The number of halogens is 1. The fourth-order valence-corrected chi connectivity index (χ4v) is 1.61. The largest absolute Gasteiger partial charge is 0.488 e. The SMILES string of the molecule is CC(C)(C)Oc1ccc([C@H](N)CCCO)cc1.Cl. The van der Waals surface area contributed by atoms with Crippen molar-refractivity contribution in [3.63, 3.8) is 0 Å². The van der Waals surface area contributed by atoms with E-state index in [-0.39, 0.29) is 30.7 Å². The molecule has 3 nitrogen and oxygen atoms in total. The van der Waals surface area contributed by atoms with Gasteiger partial charge in [-0.15, -0.1) is 12.4 Å². The van der Waals surface area contributed by atoms with Crippen molar-refractivity contribution in [3.8, 4) is 5.75 Å². The highest BCUT2D eigenvalue weighted by Gasteiger charge is 2.12. The Kier molecular flexibility index (Phi) is 7.29. The molecule has 1 atom stereocenters. The van der Waals surface area contributed by atoms with Crippen LogP contribution in [0.4, 0.5) is 0 Å². The van der Waals surface area contributed by atoms with E-state index in [1.54, 1.807) is 0 Å². The highest BCUT2D eigenvalue weighted by Crippen LogP contribution is 2.22. The Hall–Kier alpha value is -0.770. The van der Waals surface area contributed by atoms with Gasteiger partial charge >= 0.3 is 0 Å². The maximum atomic E-state index is 8.76. The van der Waals surface area contributed by atoms with Gasteiger partial charge in [0.2, 0.25) is 0 Å². The first-order valence-corrected chi connectivity index (χ1v) is 6.08. The molecule has 0 saturated carbocycles. The molecule has 0 radical (unpaired) electrons. The molecule has 0 saturated heterocycles. The lowest BCUT2D eigenvalue weighted by Gasteiger charge is -2.21. The second kappa shape index (κ2) is 7.62. The van der Waals surface area contributed by atoms with Gasteiger partial charge in [0.1, 0.15) is 11.4 Å². The smallest absolute Gasteiger partial charge is 0.120 e. The predicted molar refractivity (Wildman–Crippen MR) is 77.3 cm³/mol. The van der Waals surface area contributed by atoms with Gasteiger partial charge < -0.3 is 15.6 Å². The van der Waals surface area contributed by atoms with Crippen LogP contribution < -0.4 is 10.5 Å². The summed E-state index contributed by atoms with van der Waals surface area (Å²) in [4.78, 5) is 0. The third-order valence-electron chi connectivity index (χ3n) is 2.41. The first kappa shape index (κ1) is 17.2. The minimum Gasteiger partial charge on any atom is -0.488 e. The fraction of sp³-hybridized carbons (Fsp3) is 0.571. The molecule has 0 aliphatic carbocycles. The van der Waals surface area contributed by atoms with Crippen LogP contribution in [0.5, 0.6) is 5.75 Å². The third-order valence-corrected chi connectivity index (χ3v) is 2.41. The molecule has 0 bridgehead atoms. The summed E-state index contributed by atoms with van der Waals surface area (Å²) in [6.45, 7) is 6.26. The fourth-order valence-electron chi connectivity index (χ4n) is 1.61. The number of nitrogens with two attached hydrogens (primary N) is 1. The number of hydrogen-bond donors (Lipinski definition) is 2. The van der Waals surface area contributed by atoms with Gasteiger partial charge in [-0.25, -0.2) is 0 Å². The van der Waals surface area contributed by atoms with E-state index in [2.05, 4.69) is 0 Å². The molecule has 0 spiro atoms. The topological polar surface area (TPSA) is 55.5 Å².